The predicted octanol–water partition coefficient (Wildman–Crippen LogP) is 3.38. The van der Waals surface area contributed by atoms with E-state index in [1.54, 1.807) is 0 Å². The zero-order valence-corrected chi connectivity index (χ0v) is 14.3. The van der Waals surface area contributed by atoms with Gasteiger partial charge in [-0.25, -0.2) is 4.79 Å². The molecule has 1 aliphatic heterocycles. The first-order valence-corrected chi connectivity index (χ1v) is 7.86. The molecule has 0 N–H and O–H groups in total. The van der Waals surface area contributed by atoms with Gasteiger partial charge in [0.1, 0.15) is 17.9 Å². The first kappa shape index (κ1) is 18.5. The lowest BCUT2D eigenvalue weighted by molar-refractivity contribution is -0.385. The van der Waals surface area contributed by atoms with Crippen molar-refractivity contribution >= 4 is 28.9 Å². The Morgan fingerprint density at radius 2 is 1.96 bits per heavy atom. The Hall–Kier alpha value is -3.24. The lowest BCUT2D eigenvalue weighted by atomic mass is 10.1. The molecule has 0 atom stereocenters. The van der Waals surface area contributed by atoms with Crippen LogP contribution in [0.3, 0.4) is 0 Å². The van der Waals surface area contributed by atoms with Gasteiger partial charge < -0.3 is 14.2 Å². The van der Waals surface area contributed by atoms with Crippen LogP contribution in [-0.4, -0.2) is 22.6 Å². The molecule has 0 spiro atoms. The number of nitrogens with zero attached hydrogens (tertiary/aromatic N) is 2. The molecule has 0 amide bonds. The average molecular weight is 395 g/mol. The van der Waals surface area contributed by atoms with E-state index < -0.39 is 21.5 Å². The first-order valence-electron chi connectivity index (χ1n) is 7.48. The number of benzene rings is 2. The maximum Gasteiger partial charge on any atom is 0.345 e. The molecule has 0 saturated heterocycles. The van der Waals surface area contributed by atoms with Gasteiger partial charge in [-0.1, -0.05) is 11.6 Å². The second kappa shape index (κ2) is 7.56. The van der Waals surface area contributed by atoms with Gasteiger partial charge in [0.25, 0.3) is 11.4 Å². The molecule has 3 rings (SSSR count). The Morgan fingerprint density at radius 3 is 2.67 bits per heavy atom. The summed E-state index contributed by atoms with van der Waals surface area (Å²) in [6, 6.07) is 6.06. The van der Waals surface area contributed by atoms with Gasteiger partial charge in [0.05, 0.1) is 16.5 Å². The summed E-state index contributed by atoms with van der Waals surface area (Å²) in [7, 11) is 0. The highest BCUT2D eigenvalue weighted by Gasteiger charge is 2.25. The zero-order valence-electron chi connectivity index (χ0n) is 13.5. The van der Waals surface area contributed by atoms with E-state index in [1.165, 1.54) is 24.3 Å². The Labute approximate surface area is 156 Å². The Bertz CT molecular complexity index is 946. The lowest BCUT2D eigenvalue weighted by Crippen LogP contribution is -2.15. The summed E-state index contributed by atoms with van der Waals surface area (Å²) in [4.78, 5) is 33.1. The number of carbonyl (C=O) groups excluding carboxylic acids is 1. The number of carbonyl (C=O) groups is 1. The molecule has 27 heavy (non-hydrogen) atoms. The van der Waals surface area contributed by atoms with Crippen LogP contribution >= 0.6 is 11.6 Å². The van der Waals surface area contributed by atoms with Crippen LogP contribution in [0.5, 0.6) is 5.75 Å². The van der Waals surface area contributed by atoms with Crippen molar-refractivity contribution in [3.05, 3.63) is 72.3 Å². The number of hydrogen-bond acceptors (Lipinski definition) is 8. The molecule has 0 aromatic heterocycles. The predicted molar refractivity (Wildman–Crippen MR) is 90.6 cm³/mol. The van der Waals surface area contributed by atoms with Gasteiger partial charge in [-0.05, 0) is 12.1 Å². The van der Waals surface area contributed by atoms with Gasteiger partial charge in [-0.2, -0.15) is 0 Å². The van der Waals surface area contributed by atoms with Crippen molar-refractivity contribution in [3.8, 4) is 5.75 Å². The van der Waals surface area contributed by atoms with Crippen LogP contribution in [0.1, 0.15) is 21.5 Å². The number of rotatable bonds is 5. The summed E-state index contributed by atoms with van der Waals surface area (Å²) in [5, 5.41) is 22.3. The average Bonchev–Trinajstić information content (AvgIpc) is 2.65. The summed E-state index contributed by atoms with van der Waals surface area (Å²) in [6.45, 7) is -0.308. The van der Waals surface area contributed by atoms with E-state index in [-0.39, 0.29) is 41.8 Å². The van der Waals surface area contributed by atoms with E-state index in [9.17, 15) is 25.0 Å². The zero-order chi connectivity index (χ0) is 19.6. The fourth-order valence-corrected chi connectivity index (χ4v) is 2.71. The maximum atomic E-state index is 12.3. The standard InChI is InChI=1S/C16H11ClN2O8/c17-11-1-2-13(14(5-11)19(23)24)16(20)26-7-10-4-12(18(21)22)3-9-6-25-8-27-15(9)10/h1-5H,6-8H2. The SMILES string of the molecule is O=C(OCc1cc([N+](=O)[O-])cc2c1OCOC2)c1ccc(Cl)cc1[N+](=O)[O-]. The summed E-state index contributed by atoms with van der Waals surface area (Å²) in [5.74, 6) is -0.643. The third kappa shape index (κ3) is 3.96. The second-order valence-electron chi connectivity index (χ2n) is 5.46. The quantitative estimate of drug-likeness (QED) is 0.428. The molecule has 2 aromatic carbocycles. The summed E-state index contributed by atoms with van der Waals surface area (Å²) < 4.78 is 15.6. The summed E-state index contributed by atoms with van der Waals surface area (Å²) in [6.07, 6.45) is 0. The van der Waals surface area contributed by atoms with Gasteiger partial charge in [0.15, 0.2) is 6.79 Å². The van der Waals surface area contributed by atoms with Crippen LogP contribution in [0.25, 0.3) is 0 Å². The number of ether oxygens (including phenoxy) is 3. The highest BCUT2D eigenvalue weighted by molar-refractivity contribution is 6.31. The molecule has 10 nitrogen and oxygen atoms in total. The number of nitro benzene ring substituents is 2. The molecule has 1 aliphatic rings. The van der Waals surface area contributed by atoms with E-state index in [1.807, 2.05) is 0 Å². The molecule has 2 aromatic rings. The Kier molecular flexibility index (Phi) is 5.19. The molecule has 140 valence electrons. The molecule has 0 bridgehead atoms. The summed E-state index contributed by atoms with van der Waals surface area (Å²) in [5.41, 5.74) is -0.302. The minimum atomic E-state index is -0.967. The van der Waals surface area contributed by atoms with Crippen LogP contribution < -0.4 is 4.74 Å². The minimum absolute atomic E-state index is 0.0472. The molecule has 0 saturated carbocycles. The number of hydrogen-bond donors (Lipinski definition) is 0. The van der Waals surface area contributed by atoms with E-state index >= 15 is 0 Å². The van der Waals surface area contributed by atoms with Crippen molar-refractivity contribution in [1.29, 1.82) is 0 Å². The smallest absolute Gasteiger partial charge is 0.345 e. The van der Waals surface area contributed by atoms with Gasteiger partial charge >= 0.3 is 5.97 Å². The van der Waals surface area contributed by atoms with Crippen molar-refractivity contribution in [1.82, 2.24) is 0 Å². The maximum absolute atomic E-state index is 12.3. The van der Waals surface area contributed by atoms with E-state index in [0.29, 0.717) is 11.3 Å². The second-order valence-corrected chi connectivity index (χ2v) is 5.89. The largest absolute Gasteiger partial charge is 0.467 e. The van der Waals surface area contributed by atoms with Crippen molar-refractivity contribution < 1.29 is 28.9 Å². The van der Waals surface area contributed by atoms with E-state index in [0.717, 1.165) is 6.07 Å². The number of esters is 1. The van der Waals surface area contributed by atoms with Gasteiger partial charge in [0.2, 0.25) is 0 Å². The lowest BCUT2D eigenvalue weighted by Gasteiger charge is -2.20. The topological polar surface area (TPSA) is 131 Å². The highest BCUT2D eigenvalue weighted by atomic mass is 35.5. The first-order chi connectivity index (χ1) is 12.9. The molecule has 1 heterocycles. The van der Waals surface area contributed by atoms with Gasteiger partial charge in [0, 0.05) is 34.3 Å². The molecular formula is C16H11ClN2O8. The molecule has 0 radical (unpaired) electrons. The van der Waals surface area contributed by atoms with E-state index in [4.69, 9.17) is 25.8 Å². The molecule has 0 unspecified atom stereocenters. The summed E-state index contributed by atoms with van der Waals surface area (Å²) >= 11 is 5.72. The Morgan fingerprint density at radius 1 is 1.19 bits per heavy atom. The van der Waals surface area contributed by atoms with Crippen molar-refractivity contribution in [2.45, 2.75) is 13.2 Å². The third-order valence-corrected chi connectivity index (χ3v) is 3.95. The Balaban J connectivity index is 1.87. The number of fused-ring (bicyclic) bond motifs is 1. The van der Waals surface area contributed by atoms with Crippen LogP contribution in [-0.2, 0) is 22.7 Å². The molecular weight excluding hydrogens is 384 g/mol. The van der Waals surface area contributed by atoms with E-state index in [2.05, 4.69) is 0 Å². The fourth-order valence-electron chi connectivity index (χ4n) is 2.54. The monoisotopic (exact) mass is 394 g/mol. The molecule has 0 fully saturated rings. The van der Waals surface area contributed by atoms with Gasteiger partial charge in [-0.15, -0.1) is 0 Å². The van der Waals surface area contributed by atoms with Crippen molar-refractivity contribution in [3.63, 3.8) is 0 Å². The number of halogens is 1. The van der Waals surface area contributed by atoms with Gasteiger partial charge in [-0.3, -0.25) is 20.2 Å². The molecule has 0 aliphatic carbocycles. The normalized spacial score (nSPS) is 12.6. The van der Waals surface area contributed by atoms with Crippen LogP contribution in [0.4, 0.5) is 11.4 Å². The molecule has 11 heteroatoms. The van der Waals surface area contributed by atoms with Crippen molar-refractivity contribution in [2.75, 3.05) is 6.79 Å². The number of non-ortho nitro benzene ring substituents is 1. The number of nitro groups is 2. The van der Waals surface area contributed by atoms with Crippen molar-refractivity contribution in [2.24, 2.45) is 0 Å². The fraction of sp³-hybridized carbons (Fsp3) is 0.188. The van der Waals surface area contributed by atoms with Crippen LogP contribution in [0, 0.1) is 20.2 Å². The minimum Gasteiger partial charge on any atom is -0.467 e. The third-order valence-electron chi connectivity index (χ3n) is 3.72. The van der Waals surface area contributed by atoms with Crippen LogP contribution in [0.2, 0.25) is 5.02 Å². The highest BCUT2D eigenvalue weighted by Crippen LogP contribution is 2.33. The van der Waals surface area contributed by atoms with Crippen LogP contribution in [0.15, 0.2) is 30.3 Å².